The highest BCUT2D eigenvalue weighted by Gasteiger charge is 2.48. The second kappa shape index (κ2) is 16.7. The molecule has 3 aliphatic rings. The predicted octanol–water partition coefficient (Wildman–Crippen LogP) is -6.14. The summed E-state index contributed by atoms with van der Waals surface area (Å²) in [6.07, 6.45) is -5.38. The summed E-state index contributed by atoms with van der Waals surface area (Å²) in [5.41, 5.74) is 22.5. The molecule has 19 heteroatoms. The molecule has 0 bridgehead atoms. The lowest BCUT2D eigenvalue weighted by atomic mass is 9.95. The van der Waals surface area contributed by atoms with Gasteiger partial charge in [-0.3, -0.25) is 14.4 Å². The third kappa shape index (κ3) is 10.1. The van der Waals surface area contributed by atoms with E-state index in [1.807, 2.05) is 0 Å². The van der Waals surface area contributed by atoms with Crippen LogP contribution in [0.15, 0.2) is 4.99 Å². The highest BCUT2D eigenvalue weighted by molar-refractivity contribution is 5.92. The highest BCUT2D eigenvalue weighted by atomic mass is 16.6. The van der Waals surface area contributed by atoms with Crippen molar-refractivity contribution in [3.63, 3.8) is 0 Å². The lowest BCUT2D eigenvalue weighted by molar-refractivity contribution is -0.198. The number of aliphatic imine (C=N–C) groups is 1. The van der Waals surface area contributed by atoms with E-state index in [0.717, 1.165) is 6.42 Å². The lowest BCUT2D eigenvalue weighted by Crippen LogP contribution is -2.69. The van der Waals surface area contributed by atoms with Crippen molar-refractivity contribution in [1.29, 1.82) is 0 Å². The van der Waals surface area contributed by atoms with Gasteiger partial charge in [0.1, 0.15) is 31.0 Å². The molecule has 4 amide bonds. The van der Waals surface area contributed by atoms with Crippen LogP contribution in [-0.2, 0) is 23.9 Å². The van der Waals surface area contributed by atoms with Crippen molar-refractivity contribution in [3.05, 3.63) is 0 Å². The molecule has 16 N–H and O–H groups in total. The molecular formula is C25H46N10O9. The van der Waals surface area contributed by atoms with Gasteiger partial charge in [-0.15, -0.1) is 0 Å². The molecule has 3 heterocycles. The number of primary amides is 1. The average molecular weight is 631 g/mol. The van der Waals surface area contributed by atoms with Crippen molar-refractivity contribution in [2.75, 3.05) is 26.2 Å². The van der Waals surface area contributed by atoms with Crippen LogP contribution >= 0.6 is 0 Å². The summed E-state index contributed by atoms with van der Waals surface area (Å²) in [7, 11) is 0. The molecule has 250 valence electrons. The fourth-order valence-electron chi connectivity index (χ4n) is 5.19. The van der Waals surface area contributed by atoms with E-state index in [0.29, 0.717) is 32.4 Å². The number of ether oxygens (including phenoxy) is 2. The Morgan fingerprint density at radius 2 is 1.75 bits per heavy atom. The number of aliphatic hydroxyl groups is 3. The maximum atomic E-state index is 12.9. The number of nitrogens with zero attached hydrogens (tertiary/aromatic N) is 1. The smallest absolute Gasteiger partial charge is 0.404 e. The number of carbonyl (C=O) groups is 4. The van der Waals surface area contributed by atoms with Crippen LogP contribution < -0.4 is 49.5 Å². The zero-order valence-electron chi connectivity index (χ0n) is 24.4. The number of β-amino-alcohol motifs (C(OH)–C–C–N with tert-alkyl or cyclic N) is 1. The molecule has 0 aliphatic carbocycles. The number of nitrogens with one attached hydrogen (secondary N) is 5. The first-order valence-corrected chi connectivity index (χ1v) is 14.7. The Balaban J connectivity index is 1.55. The Bertz CT molecular complexity index is 1040. The molecule has 2 fully saturated rings. The minimum atomic E-state index is -1.60. The number of piperidine rings is 1. The molecule has 2 saturated heterocycles. The van der Waals surface area contributed by atoms with Crippen LogP contribution in [0.2, 0.25) is 0 Å². The molecule has 0 spiro atoms. The molecule has 3 aliphatic heterocycles. The maximum absolute atomic E-state index is 12.9. The normalized spacial score (nSPS) is 31.0. The van der Waals surface area contributed by atoms with Crippen LogP contribution in [0.5, 0.6) is 0 Å². The van der Waals surface area contributed by atoms with Crippen LogP contribution in [0.1, 0.15) is 38.5 Å². The summed E-state index contributed by atoms with van der Waals surface area (Å²) in [6, 6.07) is -3.75. The van der Waals surface area contributed by atoms with Gasteiger partial charge in [-0.05, 0) is 32.2 Å². The van der Waals surface area contributed by atoms with Gasteiger partial charge in [0, 0.05) is 38.0 Å². The largest absolute Gasteiger partial charge is 0.447 e. The van der Waals surface area contributed by atoms with Gasteiger partial charge in [0.25, 0.3) is 0 Å². The number of nitrogens with two attached hydrogens (primary N) is 4. The van der Waals surface area contributed by atoms with Crippen molar-refractivity contribution < 1.29 is 44.0 Å². The van der Waals surface area contributed by atoms with E-state index in [9.17, 15) is 34.5 Å². The summed E-state index contributed by atoms with van der Waals surface area (Å²) in [5.74, 6) is -1.10. The van der Waals surface area contributed by atoms with Gasteiger partial charge in [-0.1, -0.05) is 0 Å². The van der Waals surface area contributed by atoms with Gasteiger partial charge in [0.15, 0.2) is 18.2 Å². The number of amides is 4. The summed E-state index contributed by atoms with van der Waals surface area (Å²) >= 11 is 0. The van der Waals surface area contributed by atoms with Crippen molar-refractivity contribution >= 4 is 29.8 Å². The molecule has 19 nitrogen and oxygen atoms in total. The van der Waals surface area contributed by atoms with Crippen molar-refractivity contribution in [2.45, 2.75) is 99.4 Å². The molecule has 0 saturated carbocycles. The summed E-state index contributed by atoms with van der Waals surface area (Å²) in [5, 5.41) is 45.5. The zero-order chi connectivity index (χ0) is 32.4. The Hall–Kier alpha value is -3.33. The van der Waals surface area contributed by atoms with E-state index in [1.165, 1.54) is 0 Å². The quantitative estimate of drug-likeness (QED) is 0.0749. The average Bonchev–Trinajstić information content (AvgIpc) is 3.40. The van der Waals surface area contributed by atoms with Gasteiger partial charge >= 0.3 is 6.09 Å². The summed E-state index contributed by atoms with van der Waals surface area (Å²) < 4.78 is 10.5. The Labute approximate surface area is 254 Å². The van der Waals surface area contributed by atoms with E-state index in [-0.39, 0.29) is 37.3 Å². The Kier molecular flexibility index (Phi) is 13.3. The monoisotopic (exact) mass is 630 g/mol. The molecule has 0 aromatic rings. The first kappa shape index (κ1) is 35.2. The topological polar surface area (TPSA) is 324 Å². The van der Waals surface area contributed by atoms with Crippen LogP contribution in [-0.4, -0.2) is 132 Å². The van der Waals surface area contributed by atoms with Crippen LogP contribution in [0.4, 0.5) is 4.79 Å². The van der Waals surface area contributed by atoms with Crippen molar-refractivity contribution in [2.24, 2.45) is 27.9 Å². The Morgan fingerprint density at radius 1 is 1.07 bits per heavy atom. The minimum absolute atomic E-state index is 0.0296. The van der Waals surface area contributed by atoms with E-state index in [1.54, 1.807) is 0 Å². The predicted molar refractivity (Wildman–Crippen MR) is 154 cm³/mol. The van der Waals surface area contributed by atoms with Crippen molar-refractivity contribution in [1.82, 2.24) is 26.6 Å². The number of carbonyl (C=O) groups excluding carboxylic acids is 4. The molecule has 44 heavy (non-hydrogen) atoms. The molecule has 0 radical (unpaired) electrons. The van der Waals surface area contributed by atoms with Gasteiger partial charge in [0.2, 0.25) is 17.7 Å². The van der Waals surface area contributed by atoms with Gasteiger partial charge < -0.3 is 74.3 Å². The lowest BCUT2D eigenvalue weighted by Gasteiger charge is -2.43. The number of hydrogen-bond donors (Lipinski definition) is 12. The van der Waals surface area contributed by atoms with Crippen LogP contribution in [0.3, 0.4) is 0 Å². The molecular weight excluding hydrogens is 584 g/mol. The van der Waals surface area contributed by atoms with E-state index in [2.05, 4.69) is 31.6 Å². The number of fused-ring (bicyclic) bond motifs is 1. The third-order valence-corrected chi connectivity index (χ3v) is 7.57. The highest BCUT2D eigenvalue weighted by Crippen LogP contribution is 2.22. The number of rotatable bonds is 15. The summed E-state index contributed by atoms with van der Waals surface area (Å²) in [6.45, 7) is 0.390. The number of aliphatic hydroxyl groups excluding tert-OH is 3. The van der Waals surface area contributed by atoms with Gasteiger partial charge in [-0.2, -0.15) is 0 Å². The molecule has 0 aromatic heterocycles. The molecule has 3 rings (SSSR count). The summed E-state index contributed by atoms with van der Waals surface area (Å²) in [4.78, 5) is 52.5. The number of hydrogen-bond acceptors (Lipinski definition) is 15. The van der Waals surface area contributed by atoms with E-state index < -0.39 is 79.3 Å². The zero-order valence-corrected chi connectivity index (χ0v) is 24.4. The Morgan fingerprint density at radius 3 is 2.41 bits per heavy atom. The fraction of sp³-hybridized carbons (Fsp3) is 0.800. The number of guanidine groups is 1. The van der Waals surface area contributed by atoms with Crippen molar-refractivity contribution in [3.8, 4) is 0 Å². The van der Waals surface area contributed by atoms with Crippen LogP contribution in [0, 0.1) is 0 Å². The maximum Gasteiger partial charge on any atom is 0.404 e. The standard InChI is InChI=1S/C25H46N10O9/c26-5-1-3-11(27)7-15(37)30-6-2-4-12(28)8-16(38)32-19-21(40)20(39)14(10-43-24(29)42)44-23(19)35-25-33-17-13(36)9-31-22(41)18(17)34-25/h11-14,17-21,23,36,39-40H,1-10,26-28H2,(H2,29,42)(H,30,37)(H,31,41)(H,32,38)(H2,33,34,35)/t11-,12-,13-,14+,17-,18-,19+,20-,21+,23+/m0/s1. The first-order chi connectivity index (χ1) is 20.9. The molecule has 0 unspecified atom stereocenters. The second-order valence-electron chi connectivity index (χ2n) is 11.2. The molecule has 0 aromatic carbocycles. The third-order valence-electron chi connectivity index (χ3n) is 7.57. The van der Waals surface area contributed by atoms with E-state index >= 15 is 0 Å². The van der Waals surface area contributed by atoms with Gasteiger partial charge in [0.05, 0.1) is 12.1 Å². The van der Waals surface area contributed by atoms with E-state index in [4.69, 9.17) is 32.4 Å². The van der Waals surface area contributed by atoms with Crippen LogP contribution in [0.25, 0.3) is 0 Å². The SMILES string of the molecule is NCCC[C@H](N)CC(=O)NCCC[C@H](N)CC(=O)N[C@@H]1[C@@H](O)[C@@H](O)[C@@H](COC(N)=O)O[C@H]1NC1=N[C@@H]2C(=O)NC[C@H](O)[C@@H]2N1. The fourth-order valence-corrected chi connectivity index (χ4v) is 5.19. The minimum Gasteiger partial charge on any atom is -0.447 e. The molecule has 10 atom stereocenters. The first-order valence-electron chi connectivity index (χ1n) is 14.7. The van der Waals surface area contributed by atoms with Gasteiger partial charge in [-0.25, -0.2) is 9.79 Å². The second-order valence-corrected chi connectivity index (χ2v) is 11.2.